The van der Waals surface area contributed by atoms with Gasteiger partial charge in [-0.3, -0.25) is 4.90 Å². The van der Waals surface area contributed by atoms with E-state index in [0.717, 1.165) is 31.5 Å². The largest absolute Gasteiger partial charge is 0.375 e. The van der Waals surface area contributed by atoms with Crippen LogP contribution in [0.1, 0.15) is 18.4 Å². The molecule has 0 saturated carbocycles. The Morgan fingerprint density at radius 1 is 1.37 bits per heavy atom. The molecule has 1 saturated heterocycles. The van der Waals surface area contributed by atoms with Gasteiger partial charge < -0.3 is 4.74 Å². The lowest BCUT2D eigenvalue weighted by molar-refractivity contribution is 0.000581. The molecule has 0 atom stereocenters. The van der Waals surface area contributed by atoms with Gasteiger partial charge in [-0.25, -0.2) is 14.4 Å². The van der Waals surface area contributed by atoms with Crippen LogP contribution in [0, 0.1) is 0 Å². The highest BCUT2D eigenvalue weighted by Gasteiger charge is 2.20. The molecule has 1 aromatic rings. The Bertz CT molecular complexity index is 414. The summed E-state index contributed by atoms with van der Waals surface area (Å²) in [6, 6.07) is 0. The maximum absolute atomic E-state index is 12.0. The topological polar surface area (TPSA) is 38.2 Å². The number of halogens is 3. The number of piperidine rings is 1. The number of likely N-dealkylation sites (tertiary alicyclic amines) is 1. The molecule has 1 aromatic heterocycles. The summed E-state index contributed by atoms with van der Waals surface area (Å²) in [4.78, 5) is 10.1. The van der Waals surface area contributed by atoms with Gasteiger partial charge in [0.1, 0.15) is 11.8 Å². The second-order valence-corrected chi connectivity index (χ2v) is 5.19. The SMILES string of the molecule is FCCOC1CCN(Cc2cnc(Cl)nc2Cl)CC1. The molecule has 7 heteroatoms. The molecule has 19 heavy (non-hydrogen) atoms. The van der Waals surface area contributed by atoms with E-state index in [1.807, 2.05) is 0 Å². The molecule has 1 aliphatic heterocycles. The van der Waals surface area contributed by atoms with Gasteiger partial charge in [0, 0.05) is 31.4 Å². The fourth-order valence-electron chi connectivity index (χ4n) is 2.16. The van der Waals surface area contributed by atoms with Crippen LogP contribution >= 0.6 is 23.2 Å². The summed E-state index contributed by atoms with van der Waals surface area (Å²) < 4.78 is 17.4. The van der Waals surface area contributed by atoms with Crippen LogP contribution < -0.4 is 0 Å². The van der Waals surface area contributed by atoms with Crippen molar-refractivity contribution in [1.29, 1.82) is 0 Å². The molecule has 0 unspecified atom stereocenters. The Morgan fingerprint density at radius 2 is 2.11 bits per heavy atom. The zero-order chi connectivity index (χ0) is 13.7. The second kappa shape index (κ2) is 7.33. The first-order chi connectivity index (χ1) is 9.19. The van der Waals surface area contributed by atoms with E-state index in [-0.39, 0.29) is 18.0 Å². The van der Waals surface area contributed by atoms with Crippen LogP contribution in [-0.4, -0.2) is 47.3 Å². The number of hydrogen-bond acceptors (Lipinski definition) is 4. The molecule has 0 bridgehead atoms. The fourth-order valence-corrected chi connectivity index (χ4v) is 2.52. The van der Waals surface area contributed by atoms with Crippen molar-refractivity contribution in [3.8, 4) is 0 Å². The molecule has 4 nitrogen and oxygen atoms in total. The standard InChI is InChI=1S/C12H16Cl2FN3O/c13-11-9(7-16-12(14)17-11)8-18-4-1-10(2-5-18)19-6-3-15/h7,10H,1-6,8H2. The van der Waals surface area contributed by atoms with E-state index in [4.69, 9.17) is 27.9 Å². The van der Waals surface area contributed by atoms with Crippen molar-refractivity contribution in [2.75, 3.05) is 26.4 Å². The predicted octanol–water partition coefficient (Wildman–Crippen LogP) is 2.73. The third-order valence-electron chi connectivity index (χ3n) is 3.14. The highest BCUT2D eigenvalue weighted by molar-refractivity contribution is 6.32. The first-order valence-corrected chi connectivity index (χ1v) is 7.01. The summed E-state index contributed by atoms with van der Waals surface area (Å²) >= 11 is 11.7. The van der Waals surface area contributed by atoms with Crippen LogP contribution in [0.5, 0.6) is 0 Å². The summed E-state index contributed by atoms with van der Waals surface area (Å²) in [5.74, 6) is 0. The molecule has 0 N–H and O–H groups in total. The van der Waals surface area contributed by atoms with Crippen LogP contribution in [0.15, 0.2) is 6.20 Å². The molecule has 0 amide bonds. The quantitative estimate of drug-likeness (QED) is 0.619. The number of nitrogens with zero attached hydrogens (tertiary/aromatic N) is 3. The van der Waals surface area contributed by atoms with Gasteiger partial charge >= 0.3 is 0 Å². The van der Waals surface area contributed by atoms with Crippen molar-refractivity contribution >= 4 is 23.2 Å². The monoisotopic (exact) mass is 307 g/mol. The lowest BCUT2D eigenvalue weighted by atomic mass is 10.1. The van der Waals surface area contributed by atoms with Crippen LogP contribution in [0.4, 0.5) is 4.39 Å². The van der Waals surface area contributed by atoms with E-state index >= 15 is 0 Å². The maximum Gasteiger partial charge on any atom is 0.223 e. The molecule has 0 radical (unpaired) electrons. The smallest absolute Gasteiger partial charge is 0.223 e. The van der Waals surface area contributed by atoms with Crippen LogP contribution in [0.25, 0.3) is 0 Å². The van der Waals surface area contributed by atoms with Crippen molar-refractivity contribution in [1.82, 2.24) is 14.9 Å². The summed E-state index contributed by atoms with van der Waals surface area (Å²) in [6.45, 7) is 2.27. The van der Waals surface area contributed by atoms with E-state index < -0.39 is 6.67 Å². The van der Waals surface area contributed by atoms with Gasteiger partial charge in [0.15, 0.2) is 0 Å². The van der Waals surface area contributed by atoms with Gasteiger partial charge in [-0.2, -0.15) is 0 Å². The Hall–Kier alpha value is -0.490. The Morgan fingerprint density at radius 3 is 2.74 bits per heavy atom. The van der Waals surface area contributed by atoms with Gasteiger partial charge in [0.05, 0.1) is 12.7 Å². The zero-order valence-corrected chi connectivity index (χ0v) is 12.0. The summed E-state index contributed by atoms with van der Waals surface area (Å²) in [7, 11) is 0. The second-order valence-electron chi connectivity index (χ2n) is 4.49. The molecule has 2 rings (SSSR count). The number of aromatic nitrogens is 2. The minimum atomic E-state index is -0.419. The number of ether oxygens (including phenoxy) is 1. The summed E-state index contributed by atoms with van der Waals surface area (Å²) in [6.07, 6.45) is 3.64. The molecule has 1 aliphatic rings. The van der Waals surface area contributed by atoms with E-state index in [0.29, 0.717) is 11.7 Å². The molecular formula is C12H16Cl2FN3O. The van der Waals surface area contributed by atoms with Gasteiger partial charge in [-0.1, -0.05) is 11.6 Å². The number of rotatable bonds is 5. The molecule has 0 aromatic carbocycles. The average Bonchev–Trinajstić information content (AvgIpc) is 2.41. The minimum Gasteiger partial charge on any atom is -0.375 e. The zero-order valence-electron chi connectivity index (χ0n) is 10.5. The first-order valence-electron chi connectivity index (χ1n) is 6.26. The van der Waals surface area contributed by atoms with E-state index in [1.54, 1.807) is 6.20 Å². The van der Waals surface area contributed by atoms with Crippen LogP contribution in [0.2, 0.25) is 10.4 Å². The number of alkyl halides is 1. The van der Waals surface area contributed by atoms with Crippen LogP contribution in [-0.2, 0) is 11.3 Å². The molecule has 0 spiro atoms. The molecular weight excluding hydrogens is 292 g/mol. The Labute approximate surface area is 121 Å². The summed E-state index contributed by atoms with van der Waals surface area (Å²) in [5, 5.41) is 0.558. The van der Waals surface area contributed by atoms with Crippen molar-refractivity contribution in [3.05, 3.63) is 22.2 Å². The average molecular weight is 308 g/mol. The Kier molecular flexibility index (Phi) is 5.76. The number of hydrogen-bond donors (Lipinski definition) is 0. The lowest BCUT2D eigenvalue weighted by Gasteiger charge is -2.31. The lowest BCUT2D eigenvalue weighted by Crippen LogP contribution is -2.36. The third-order valence-corrected chi connectivity index (χ3v) is 3.65. The molecule has 2 heterocycles. The van der Waals surface area contributed by atoms with Crippen molar-refractivity contribution in [2.45, 2.75) is 25.5 Å². The highest BCUT2D eigenvalue weighted by atomic mass is 35.5. The van der Waals surface area contributed by atoms with E-state index in [2.05, 4.69) is 14.9 Å². The van der Waals surface area contributed by atoms with E-state index in [9.17, 15) is 4.39 Å². The Balaban J connectivity index is 1.82. The van der Waals surface area contributed by atoms with Gasteiger partial charge in [-0.15, -0.1) is 0 Å². The molecule has 1 fully saturated rings. The van der Waals surface area contributed by atoms with Crippen molar-refractivity contribution in [3.63, 3.8) is 0 Å². The van der Waals surface area contributed by atoms with E-state index in [1.165, 1.54) is 0 Å². The first kappa shape index (κ1) is 14.9. The minimum absolute atomic E-state index is 0.159. The summed E-state index contributed by atoms with van der Waals surface area (Å²) in [5.41, 5.74) is 0.870. The fraction of sp³-hybridized carbons (Fsp3) is 0.667. The highest BCUT2D eigenvalue weighted by Crippen LogP contribution is 2.20. The molecule has 106 valence electrons. The normalized spacial score (nSPS) is 17.8. The van der Waals surface area contributed by atoms with Crippen LogP contribution in [0.3, 0.4) is 0 Å². The van der Waals surface area contributed by atoms with Gasteiger partial charge in [-0.05, 0) is 24.4 Å². The third kappa shape index (κ3) is 4.53. The van der Waals surface area contributed by atoms with Gasteiger partial charge in [0.25, 0.3) is 0 Å². The van der Waals surface area contributed by atoms with Crippen molar-refractivity contribution in [2.24, 2.45) is 0 Å². The predicted molar refractivity (Wildman–Crippen MR) is 72.3 cm³/mol. The maximum atomic E-state index is 12.0. The van der Waals surface area contributed by atoms with Gasteiger partial charge in [0.2, 0.25) is 5.28 Å². The molecule has 0 aliphatic carbocycles. The van der Waals surface area contributed by atoms with Crippen molar-refractivity contribution < 1.29 is 9.13 Å².